The van der Waals surface area contributed by atoms with Crippen LogP contribution in [0.2, 0.25) is 0 Å². The molecule has 0 saturated carbocycles. The molecule has 0 bridgehead atoms. The average molecular weight is 285 g/mol. The van der Waals surface area contributed by atoms with E-state index in [2.05, 4.69) is 46.4 Å². The fourth-order valence-corrected chi connectivity index (χ4v) is 3.05. The summed E-state index contributed by atoms with van der Waals surface area (Å²) < 4.78 is 0. The standard InChI is InChI=1S/C17H23N3O/c1-19-9-4-10-20(12-11-19)16-6-3-2-5-14(16)13-15-7-8-18-17(15)21/h2-3,5-6,13H,4,7-12H2,1H3,(H,18,21)/b15-13+. The molecule has 1 aromatic carbocycles. The fraction of sp³-hybridized carbons (Fsp3) is 0.471. The second-order valence-corrected chi connectivity index (χ2v) is 5.88. The highest BCUT2D eigenvalue weighted by Gasteiger charge is 2.18. The third-order valence-electron chi connectivity index (χ3n) is 4.30. The summed E-state index contributed by atoms with van der Waals surface area (Å²) in [7, 11) is 2.18. The zero-order valence-electron chi connectivity index (χ0n) is 12.6. The maximum Gasteiger partial charge on any atom is 0.247 e. The summed E-state index contributed by atoms with van der Waals surface area (Å²) in [6.45, 7) is 5.13. The number of amides is 1. The van der Waals surface area contributed by atoms with Gasteiger partial charge in [0.1, 0.15) is 0 Å². The molecule has 3 rings (SSSR count). The molecule has 112 valence electrons. The van der Waals surface area contributed by atoms with Gasteiger partial charge in [0, 0.05) is 37.4 Å². The number of nitrogens with zero attached hydrogens (tertiary/aromatic N) is 2. The Kier molecular flexibility index (Phi) is 4.25. The summed E-state index contributed by atoms with van der Waals surface area (Å²) in [6, 6.07) is 8.42. The largest absolute Gasteiger partial charge is 0.370 e. The van der Waals surface area contributed by atoms with Crippen molar-refractivity contribution in [2.24, 2.45) is 0 Å². The summed E-state index contributed by atoms with van der Waals surface area (Å²) >= 11 is 0. The smallest absolute Gasteiger partial charge is 0.247 e. The first-order chi connectivity index (χ1) is 10.2. The van der Waals surface area contributed by atoms with E-state index in [1.165, 1.54) is 12.1 Å². The molecule has 0 radical (unpaired) electrons. The lowest BCUT2D eigenvalue weighted by molar-refractivity contribution is -0.116. The molecule has 4 heteroatoms. The zero-order chi connectivity index (χ0) is 14.7. The number of nitrogens with one attached hydrogen (secondary N) is 1. The molecular weight excluding hydrogens is 262 g/mol. The van der Waals surface area contributed by atoms with Gasteiger partial charge in [-0.1, -0.05) is 18.2 Å². The van der Waals surface area contributed by atoms with Gasteiger partial charge in [-0.2, -0.15) is 0 Å². The first kappa shape index (κ1) is 14.1. The quantitative estimate of drug-likeness (QED) is 0.841. The van der Waals surface area contributed by atoms with Gasteiger partial charge in [0.15, 0.2) is 0 Å². The van der Waals surface area contributed by atoms with Gasteiger partial charge in [0.05, 0.1) is 0 Å². The van der Waals surface area contributed by atoms with Crippen LogP contribution in [-0.4, -0.2) is 50.6 Å². The predicted octanol–water partition coefficient (Wildman–Crippen LogP) is 1.73. The first-order valence-corrected chi connectivity index (χ1v) is 7.75. The van der Waals surface area contributed by atoms with Crippen molar-refractivity contribution in [2.75, 3.05) is 44.7 Å². The maximum atomic E-state index is 11.8. The summed E-state index contributed by atoms with van der Waals surface area (Å²) in [4.78, 5) is 16.6. The number of hydrogen-bond acceptors (Lipinski definition) is 3. The Hall–Kier alpha value is -1.81. The molecule has 0 unspecified atom stereocenters. The van der Waals surface area contributed by atoms with E-state index in [1.54, 1.807) is 0 Å². The Morgan fingerprint density at radius 1 is 1.14 bits per heavy atom. The van der Waals surface area contributed by atoms with Crippen LogP contribution in [0.4, 0.5) is 5.69 Å². The maximum absolute atomic E-state index is 11.8. The molecule has 2 saturated heterocycles. The number of likely N-dealkylation sites (N-methyl/N-ethyl adjacent to an activating group) is 1. The molecule has 2 aliphatic heterocycles. The van der Waals surface area contributed by atoms with Crippen LogP contribution in [-0.2, 0) is 4.79 Å². The highest BCUT2D eigenvalue weighted by atomic mass is 16.1. The van der Waals surface area contributed by atoms with E-state index in [-0.39, 0.29) is 5.91 Å². The molecule has 4 nitrogen and oxygen atoms in total. The SMILES string of the molecule is CN1CCCN(c2ccccc2/C=C2\CCNC2=O)CC1. The Morgan fingerprint density at radius 3 is 2.81 bits per heavy atom. The van der Waals surface area contributed by atoms with Gasteiger partial charge in [-0.15, -0.1) is 0 Å². The lowest BCUT2D eigenvalue weighted by Gasteiger charge is -2.24. The molecule has 0 atom stereocenters. The second-order valence-electron chi connectivity index (χ2n) is 5.88. The summed E-state index contributed by atoms with van der Waals surface area (Å²) in [5.41, 5.74) is 3.31. The van der Waals surface area contributed by atoms with Crippen LogP contribution in [0, 0.1) is 0 Å². The van der Waals surface area contributed by atoms with Gasteiger partial charge in [-0.25, -0.2) is 0 Å². The molecule has 21 heavy (non-hydrogen) atoms. The molecule has 2 aliphatic rings. The number of para-hydroxylation sites is 1. The van der Waals surface area contributed by atoms with Crippen molar-refractivity contribution in [1.82, 2.24) is 10.2 Å². The van der Waals surface area contributed by atoms with Crippen LogP contribution in [0.15, 0.2) is 29.8 Å². The Bertz CT molecular complexity index is 553. The van der Waals surface area contributed by atoms with Crippen molar-refractivity contribution in [3.05, 3.63) is 35.4 Å². The van der Waals surface area contributed by atoms with Crippen LogP contribution in [0.5, 0.6) is 0 Å². The van der Waals surface area contributed by atoms with Crippen LogP contribution < -0.4 is 10.2 Å². The van der Waals surface area contributed by atoms with Crippen molar-refractivity contribution in [1.29, 1.82) is 0 Å². The monoisotopic (exact) mass is 285 g/mol. The lowest BCUT2D eigenvalue weighted by Crippen LogP contribution is -2.29. The van der Waals surface area contributed by atoms with Crippen LogP contribution in [0.25, 0.3) is 6.08 Å². The van der Waals surface area contributed by atoms with E-state index >= 15 is 0 Å². The third kappa shape index (κ3) is 3.27. The highest BCUT2D eigenvalue weighted by Crippen LogP contribution is 2.25. The number of carbonyl (C=O) groups excluding carboxylic acids is 1. The fourth-order valence-electron chi connectivity index (χ4n) is 3.05. The summed E-state index contributed by atoms with van der Waals surface area (Å²) in [5, 5.41) is 2.88. The lowest BCUT2D eigenvalue weighted by atomic mass is 10.1. The number of carbonyl (C=O) groups is 1. The van der Waals surface area contributed by atoms with E-state index in [1.807, 2.05) is 6.07 Å². The molecule has 1 amide bonds. The summed E-state index contributed by atoms with van der Waals surface area (Å²) in [6.07, 6.45) is 4.07. The van der Waals surface area contributed by atoms with E-state index in [0.29, 0.717) is 0 Å². The Morgan fingerprint density at radius 2 is 2.00 bits per heavy atom. The van der Waals surface area contributed by atoms with Crippen LogP contribution in [0.3, 0.4) is 0 Å². The zero-order valence-corrected chi connectivity index (χ0v) is 12.6. The van der Waals surface area contributed by atoms with Gasteiger partial charge >= 0.3 is 0 Å². The molecule has 1 N–H and O–H groups in total. The molecule has 0 aromatic heterocycles. The van der Waals surface area contributed by atoms with Gasteiger partial charge in [-0.3, -0.25) is 4.79 Å². The predicted molar refractivity (Wildman–Crippen MR) is 86.4 cm³/mol. The normalized spacial score (nSPS) is 22.4. The average Bonchev–Trinajstić information content (AvgIpc) is 2.76. The Balaban J connectivity index is 1.87. The topological polar surface area (TPSA) is 35.6 Å². The van der Waals surface area contributed by atoms with Gasteiger partial charge < -0.3 is 15.1 Å². The van der Waals surface area contributed by atoms with E-state index in [0.717, 1.165) is 50.3 Å². The van der Waals surface area contributed by atoms with Crippen molar-refractivity contribution in [2.45, 2.75) is 12.8 Å². The molecule has 0 spiro atoms. The number of rotatable bonds is 2. The van der Waals surface area contributed by atoms with Gasteiger partial charge in [-0.05, 0) is 44.1 Å². The van der Waals surface area contributed by atoms with Gasteiger partial charge in [0.25, 0.3) is 0 Å². The van der Waals surface area contributed by atoms with Crippen molar-refractivity contribution in [3.63, 3.8) is 0 Å². The minimum Gasteiger partial charge on any atom is -0.370 e. The second kappa shape index (κ2) is 6.31. The van der Waals surface area contributed by atoms with E-state index in [4.69, 9.17) is 0 Å². The van der Waals surface area contributed by atoms with E-state index in [9.17, 15) is 4.79 Å². The third-order valence-corrected chi connectivity index (χ3v) is 4.30. The van der Waals surface area contributed by atoms with Crippen molar-refractivity contribution in [3.8, 4) is 0 Å². The molecule has 1 aromatic rings. The number of hydrogen-bond donors (Lipinski definition) is 1. The highest BCUT2D eigenvalue weighted by molar-refractivity contribution is 6.00. The van der Waals surface area contributed by atoms with E-state index < -0.39 is 0 Å². The van der Waals surface area contributed by atoms with Crippen molar-refractivity contribution >= 4 is 17.7 Å². The molecule has 0 aliphatic carbocycles. The number of anilines is 1. The summed E-state index contributed by atoms with van der Waals surface area (Å²) in [5.74, 6) is 0.0837. The minimum absolute atomic E-state index is 0.0837. The first-order valence-electron chi connectivity index (χ1n) is 7.75. The van der Waals surface area contributed by atoms with Crippen molar-refractivity contribution < 1.29 is 4.79 Å². The molecular formula is C17H23N3O. The molecule has 2 heterocycles. The van der Waals surface area contributed by atoms with Crippen LogP contribution in [0.1, 0.15) is 18.4 Å². The Labute approximate surface area is 126 Å². The van der Waals surface area contributed by atoms with Gasteiger partial charge in [0.2, 0.25) is 5.91 Å². The van der Waals surface area contributed by atoms with Crippen LogP contribution >= 0.6 is 0 Å². The minimum atomic E-state index is 0.0837. The number of benzene rings is 1. The molecule has 2 fully saturated rings.